The number of primary amides is 1. The van der Waals surface area contributed by atoms with E-state index in [1.807, 2.05) is 16.7 Å². The molecule has 7 nitrogen and oxygen atoms in total. The topological polar surface area (TPSA) is 104 Å². The summed E-state index contributed by atoms with van der Waals surface area (Å²) in [6.07, 6.45) is 9.52. The number of furan rings is 1. The largest absolute Gasteiger partial charge is 0.467 e. The average molecular weight is 429 g/mol. The second-order valence-electron chi connectivity index (χ2n) is 9.44. The van der Waals surface area contributed by atoms with Crippen molar-refractivity contribution >= 4 is 23.5 Å². The van der Waals surface area contributed by atoms with E-state index in [0.29, 0.717) is 35.5 Å². The Hall–Kier alpha value is -2.09. The van der Waals surface area contributed by atoms with E-state index in [0.717, 1.165) is 42.8 Å². The summed E-state index contributed by atoms with van der Waals surface area (Å²) in [7, 11) is 0. The van der Waals surface area contributed by atoms with Crippen LogP contribution >= 0.6 is 11.8 Å². The van der Waals surface area contributed by atoms with E-state index in [2.05, 4.69) is 10.2 Å². The molecule has 0 saturated heterocycles. The summed E-state index contributed by atoms with van der Waals surface area (Å²) in [5.41, 5.74) is 5.22. The lowest BCUT2D eigenvalue weighted by atomic mass is 9.48. The number of nitrogens with zero attached hydrogens (tertiary/aromatic N) is 3. The van der Waals surface area contributed by atoms with E-state index >= 15 is 0 Å². The molecule has 0 aliphatic heterocycles. The number of amides is 1. The summed E-state index contributed by atoms with van der Waals surface area (Å²) < 4.78 is 7.43. The second kappa shape index (κ2) is 7.87. The Balaban J connectivity index is 1.30. The number of carbonyl (C=O) groups excluding carboxylic acids is 2. The molecule has 4 saturated carbocycles. The number of hydrogen-bond donors (Lipinski definition) is 1. The van der Waals surface area contributed by atoms with Crippen molar-refractivity contribution in [1.82, 2.24) is 14.8 Å². The van der Waals surface area contributed by atoms with Crippen LogP contribution in [-0.4, -0.2) is 32.2 Å². The maximum absolute atomic E-state index is 13.4. The van der Waals surface area contributed by atoms with Gasteiger partial charge in [0.15, 0.2) is 5.16 Å². The molecule has 2 aromatic rings. The molecule has 2 N–H and O–H groups in total. The SMILES string of the molecule is NC(=O)CCc1nnc(SCC(=O)C23CC4CC(CC(C4)C2)C3)n1Cc1ccco1. The average Bonchev–Trinajstić information content (AvgIpc) is 3.34. The summed E-state index contributed by atoms with van der Waals surface area (Å²) in [6.45, 7) is 0.474. The van der Waals surface area contributed by atoms with Gasteiger partial charge in [-0.2, -0.15) is 0 Å². The number of ketones is 1. The van der Waals surface area contributed by atoms with Crippen molar-refractivity contribution in [2.24, 2.45) is 28.9 Å². The minimum absolute atomic E-state index is 0.0948. The smallest absolute Gasteiger partial charge is 0.217 e. The highest BCUT2D eigenvalue weighted by Crippen LogP contribution is 2.60. The number of Topliss-reactive ketones (excluding diaryl/α,β-unsaturated/α-hetero) is 1. The minimum Gasteiger partial charge on any atom is -0.467 e. The van der Waals surface area contributed by atoms with E-state index in [4.69, 9.17) is 10.2 Å². The molecule has 0 unspecified atom stereocenters. The van der Waals surface area contributed by atoms with Crippen molar-refractivity contribution in [2.45, 2.75) is 63.1 Å². The van der Waals surface area contributed by atoms with Gasteiger partial charge >= 0.3 is 0 Å². The lowest BCUT2D eigenvalue weighted by Gasteiger charge is -2.56. The van der Waals surface area contributed by atoms with Crippen molar-refractivity contribution in [2.75, 3.05) is 5.75 Å². The monoisotopic (exact) mass is 428 g/mol. The molecule has 1 amide bonds. The van der Waals surface area contributed by atoms with Gasteiger partial charge in [0, 0.05) is 18.3 Å². The lowest BCUT2D eigenvalue weighted by molar-refractivity contribution is -0.141. The highest BCUT2D eigenvalue weighted by atomic mass is 32.2. The van der Waals surface area contributed by atoms with Gasteiger partial charge in [0.05, 0.1) is 18.6 Å². The van der Waals surface area contributed by atoms with E-state index < -0.39 is 0 Å². The number of carbonyl (C=O) groups is 2. The van der Waals surface area contributed by atoms with Crippen LogP contribution < -0.4 is 5.73 Å². The van der Waals surface area contributed by atoms with Crippen molar-refractivity contribution < 1.29 is 14.0 Å². The molecule has 160 valence electrons. The third-order valence-electron chi connectivity index (χ3n) is 7.24. The summed E-state index contributed by atoms with van der Waals surface area (Å²) in [4.78, 5) is 24.6. The number of rotatable bonds is 9. The molecule has 0 aromatic carbocycles. The van der Waals surface area contributed by atoms with Crippen molar-refractivity contribution in [3.05, 3.63) is 30.0 Å². The molecule has 4 aliphatic carbocycles. The van der Waals surface area contributed by atoms with Crippen LogP contribution in [0.15, 0.2) is 28.0 Å². The van der Waals surface area contributed by atoms with Crippen LogP contribution in [0.4, 0.5) is 0 Å². The Labute approximate surface area is 180 Å². The standard InChI is InChI=1S/C22H28N4O3S/c23-19(28)3-4-20-24-25-21(26(20)12-17-2-1-5-29-17)30-13-18(27)22-9-14-6-15(10-22)8-16(7-14)11-22/h1-2,5,14-16H,3-4,6-13H2,(H2,23,28). The summed E-state index contributed by atoms with van der Waals surface area (Å²) in [6, 6.07) is 3.74. The maximum Gasteiger partial charge on any atom is 0.217 e. The highest BCUT2D eigenvalue weighted by Gasteiger charge is 2.54. The number of aromatic nitrogens is 3. The van der Waals surface area contributed by atoms with E-state index in [1.54, 1.807) is 6.26 Å². The Bertz CT molecular complexity index is 901. The first-order valence-corrected chi connectivity index (χ1v) is 11.9. The molecule has 0 spiro atoms. The van der Waals surface area contributed by atoms with Gasteiger partial charge in [-0.25, -0.2) is 0 Å². The molecule has 0 atom stereocenters. The molecule has 6 rings (SSSR count). The predicted molar refractivity (Wildman–Crippen MR) is 112 cm³/mol. The fourth-order valence-corrected chi connectivity index (χ4v) is 7.29. The molecule has 4 fully saturated rings. The zero-order chi connectivity index (χ0) is 20.7. The van der Waals surface area contributed by atoms with Crippen LogP contribution in [0.5, 0.6) is 0 Å². The summed E-state index contributed by atoms with van der Waals surface area (Å²) in [5, 5.41) is 9.29. The number of nitrogens with two attached hydrogens (primary N) is 1. The quantitative estimate of drug-likeness (QED) is 0.615. The molecule has 30 heavy (non-hydrogen) atoms. The zero-order valence-corrected chi connectivity index (χ0v) is 17.9. The van der Waals surface area contributed by atoms with Crippen LogP contribution in [-0.2, 0) is 22.6 Å². The van der Waals surface area contributed by atoms with Crippen molar-refractivity contribution in [3.63, 3.8) is 0 Å². The maximum atomic E-state index is 13.4. The third kappa shape index (κ3) is 3.82. The van der Waals surface area contributed by atoms with Gasteiger partial charge in [-0.15, -0.1) is 10.2 Å². The first kappa shape index (κ1) is 19.8. The Morgan fingerprint density at radius 2 is 1.87 bits per heavy atom. The summed E-state index contributed by atoms with van der Waals surface area (Å²) in [5.74, 6) is 4.19. The normalized spacial score (nSPS) is 29.4. The van der Waals surface area contributed by atoms with E-state index in [-0.39, 0.29) is 17.7 Å². The lowest BCUT2D eigenvalue weighted by Crippen LogP contribution is -2.50. The molecular formula is C22H28N4O3S. The predicted octanol–water partition coefficient (Wildman–Crippen LogP) is 3.21. The Morgan fingerprint density at radius 1 is 1.17 bits per heavy atom. The molecule has 4 aliphatic rings. The van der Waals surface area contributed by atoms with Gasteiger partial charge in [-0.1, -0.05) is 11.8 Å². The van der Waals surface area contributed by atoms with Gasteiger partial charge in [0.2, 0.25) is 5.91 Å². The van der Waals surface area contributed by atoms with Gasteiger partial charge in [-0.3, -0.25) is 14.2 Å². The molecule has 2 heterocycles. The van der Waals surface area contributed by atoms with Gasteiger partial charge in [0.25, 0.3) is 0 Å². The fourth-order valence-electron chi connectivity index (χ4n) is 6.30. The second-order valence-corrected chi connectivity index (χ2v) is 10.4. The third-order valence-corrected chi connectivity index (χ3v) is 8.21. The Morgan fingerprint density at radius 3 is 2.47 bits per heavy atom. The van der Waals surface area contributed by atoms with Gasteiger partial charge < -0.3 is 10.2 Å². The van der Waals surface area contributed by atoms with E-state index in [1.165, 1.54) is 31.0 Å². The van der Waals surface area contributed by atoms with Crippen molar-refractivity contribution in [3.8, 4) is 0 Å². The number of hydrogen-bond acceptors (Lipinski definition) is 6. The van der Waals surface area contributed by atoms with Crippen LogP contribution in [0.25, 0.3) is 0 Å². The molecule has 4 bridgehead atoms. The van der Waals surface area contributed by atoms with Gasteiger partial charge in [-0.05, 0) is 68.4 Å². The molecular weight excluding hydrogens is 400 g/mol. The van der Waals surface area contributed by atoms with Crippen LogP contribution in [0, 0.1) is 23.2 Å². The van der Waals surface area contributed by atoms with Crippen LogP contribution in [0.1, 0.15) is 56.5 Å². The Kier molecular flexibility index (Phi) is 5.21. The minimum atomic E-state index is -0.367. The number of thioether (sulfide) groups is 1. The highest BCUT2D eigenvalue weighted by molar-refractivity contribution is 7.99. The first-order chi connectivity index (χ1) is 14.5. The molecule has 2 aromatic heterocycles. The summed E-state index contributed by atoms with van der Waals surface area (Å²) >= 11 is 1.46. The van der Waals surface area contributed by atoms with E-state index in [9.17, 15) is 9.59 Å². The van der Waals surface area contributed by atoms with Crippen molar-refractivity contribution in [1.29, 1.82) is 0 Å². The fraction of sp³-hybridized carbons (Fsp3) is 0.636. The molecule has 8 heteroatoms. The van der Waals surface area contributed by atoms with Gasteiger partial charge in [0.1, 0.15) is 17.4 Å². The zero-order valence-electron chi connectivity index (χ0n) is 17.1. The molecule has 0 radical (unpaired) electrons. The van der Waals surface area contributed by atoms with Crippen LogP contribution in [0.2, 0.25) is 0 Å². The number of aryl methyl sites for hydroxylation is 1. The van der Waals surface area contributed by atoms with Crippen LogP contribution in [0.3, 0.4) is 0 Å². The first-order valence-electron chi connectivity index (χ1n) is 10.9.